The summed E-state index contributed by atoms with van der Waals surface area (Å²) >= 11 is 0. The van der Waals surface area contributed by atoms with Crippen molar-refractivity contribution in [3.8, 4) is 45.5 Å². The smallest absolute Gasteiger partial charge is 0.378 e. The molecule has 2 fully saturated rings. The lowest BCUT2D eigenvalue weighted by Crippen LogP contribution is -2.40. The molecular weight excluding hydrogens is 865 g/mol. The first-order chi connectivity index (χ1) is 33.2. The molecule has 2 atom stereocenters. The van der Waals surface area contributed by atoms with E-state index in [0.717, 1.165) is 42.7 Å². The van der Waals surface area contributed by atoms with Crippen LogP contribution in [0.1, 0.15) is 37.8 Å². The molecule has 0 spiro atoms. The Balaban J connectivity index is 0.000000170. The fourth-order valence-electron chi connectivity index (χ4n) is 8.58. The minimum atomic E-state index is -0.527. The second-order valence-electron chi connectivity index (χ2n) is 16.1. The first-order valence-electron chi connectivity index (χ1n) is 22.0. The highest BCUT2D eigenvalue weighted by Gasteiger charge is 2.31. The molecular formula is C50H46N12O6. The van der Waals surface area contributed by atoms with Gasteiger partial charge in [-0.1, -0.05) is 49.6 Å². The van der Waals surface area contributed by atoms with E-state index in [-0.39, 0.29) is 35.1 Å². The Labute approximate surface area is 390 Å². The number of amides is 2. The monoisotopic (exact) mass is 910 g/mol. The van der Waals surface area contributed by atoms with Gasteiger partial charge in [0, 0.05) is 37.3 Å². The number of hydrogen-bond acceptors (Lipinski definition) is 13. The molecule has 6 heterocycles. The van der Waals surface area contributed by atoms with Gasteiger partial charge >= 0.3 is 5.82 Å². The van der Waals surface area contributed by atoms with E-state index in [2.05, 4.69) is 33.1 Å². The minimum absolute atomic E-state index is 0.00566. The normalized spacial score (nSPS) is 15.8. The summed E-state index contributed by atoms with van der Waals surface area (Å²) in [5, 5.41) is 22.5. The molecule has 2 aliphatic heterocycles. The molecule has 8 aromatic rings. The fourth-order valence-corrected chi connectivity index (χ4v) is 8.58. The van der Waals surface area contributed by atoms with E-state index in [1.54, 1.807) is 38.7 Å². The van der Waals surface area contributed by atoms with Gasteiger partial charge in [-0.25, -0.2) is 19.3 Å². The van der Waals surface area contributed by atoms with Crippen LogP contribution in [0.2, 0.25) is 0 Å². The number of nitrogens with zero attached hydrogens (tertiary/aromatic N) is 11. The van der Waals surface area contributed by atoms with Gasteiger partial charge in [0.15, 0.2) is 11.3 Å². The van der Waals surface area contributed by atoms with Crippen LogP contribution in [0.5, 0.6) is 23.0 Å². The van der Waals surface area contributed by atoms with Gasteiger partial charge in [0.25, 0.3) is 0 Å². The van der Waals surface area contributed by atoms with Gasteiger partial charge in [-0.3, -0.25) is 9.59 Å². The topological polar surface area (TPSA) is 215 Å². The van der Waals surface area contributed by atoms with Crippen LogP contribution in [0.4, 0.5) is 11.6 Å². The number of para-hydroxylation sites is 2. The van der Waals surface area contributed by atoms with E-state index in [0.29, 0.717) is 77.1 Å². The molecule has 0 unspecified atom stereocenters. The summed E-state index contributed by atoms with van der Waals surface area (Å²) in [5.41, 5.74) is 9.96. The molecule has 4 aromatic carbocycles. The van der Waals surface area contributed by atoms with Crippen molar-refractivity contribution in [2.75, 3.05) is 31.9 Å². The molecule has 4 aromatic heterocycles. The van der Waals surface area contributed by atoms with Crippen molar-refractivity contribution in [1.82, 2.24) is 49.3 Å². The van der Waals surface area contributed by atoms with Gasteiger partial charge in [-0.2, -0.15) is 15.2 Å². The second-order valence-corrected chi connectivity index (χ2v) is 16.1. The van der Waals surface area contributed by atoms with Crippen molar-refractivity contribution >= 4 is 45.5 Å². The van der Waals surface area contributed by atoms with Gasteiger partial charge in [-0.05, 0) is 121 Å². The van der Waals surface area contributed by atoms with Gasteiger partial charge in [0.2, 0.25) is 18.1 Å². The summed E-state index contributed by atoms with van der Waals surface area (Å²) in [6, 6.07) is 33.7. The molecule has 0 radical (unpaired) electrons. The Morgan fingerprint density at radius 2 is 1.04 bits per heavy atom. The number of piperidine rings is 2. The summed E-state index contributed by atoms with van der Waals surface area (Å²) < 4.78 is 15.3. The molecule has 18 nitrogen and oxygen atoms in total. The van der Waals surface area contributed by atoms with Gasteiger partial charge < -0.3 is 35.1 Å². The van der Waals surface area contributed by atoms with E-state index < -0.39 is 4.92 Å². The third-order valence-corrected chi connectivity index (χ3v) is 11.8. The van der Waals surface area contributed by atoms with Crippen LogP contribution < -0.4 is 15.2 Å². The van der Waals surface area contributed by atoms with Crippen molar-refractivity contribution in [3.05, 3.63) is 157 Å². The summed E-state index contributed by atoms with van der Waals surface area (Å²) in [4.78, 5) is 56.1. The summed E-state index contributed by atoms with van der Waals surface area (Å²) in [6.45, 7) is 9.50. The predicted molar refractivity (Wildman–Crippen MR) is 256 cm³/mol. The average molecular weight is 911 g/mol. The maximum atomic E-state index is 12.2. The zero-order valence-electron chi connectivity index (χ0n) is 36.9. The molecule has 68 heavy (non-hydrogen) atoms. The third kappa shape index (κ3) is 9.32. The lowest BCUT2D eigenvalue weighted by atomic mass is 10.1. The van der Waals surface area contributed by atoms with E-state index in [9.17, 15) is 19.7 Å². The van der Waals surface area contributed by atoms with Crippen LogP contribution in [0.15, 0.2) is 147 Å². The number of anilines is 1. The molecule has 2 amide bonds. The van der Waals surface area contributed by atoms with Crippen LogP contribution in [0.3, 0.4) is 0 Å². The number of ether oxygens (including phenoxy) is 2. The van der Waals surface area contributed by atoms with Crippen molar-refractivity contribution in [2.24, 2.45) is 0 Å². The molecule has 2 N–H and O–H groups in total. The Morgan fingerprint density at radius 3 is 1.50 bits per heavy atom. The number of nitrogen functional groups attached to an aromatic ring is 1. The molecule has 2 saturated heterocycles. The zero-order chi connectivity index (χ0) is 47.1. The highest BCUT2D eigenvalue weighted by molar-refractivity contribution is 5.99. The van der Waals surface area contributed by atoms with E-state index in [4.69, 9.17) is 25.4 Å². The molecule has 0 aliphatic carbocycles. The number of rotatable bonds is 11. The van der Waals surface area contributed by atoms with Crippen LogP contribution in [0.25, 0.3) is 44.6 Å². The maximum absolute atomic E-state index is 12.2. The zero-order valence-corrected chi connectivity index (χ0v) is 36.9. The molecule has 342 valence electrons. The quantitative estimate of drug-likeness (QED) is 0.0730. The van der Waals surface area contributed by atoms with Crippen LogP contribution >= 0.6 is 0 Å². The molecule has 2 aliphatic rings. The number of nitro groups is 1. The maximum Gasteiger partial charge on any atom is 0.378 e. The number of benzene rings is 4. The number of aromatic nitrogens is 8. The number of carbonyl (C=O) groups excluding carboxylic acids is 2. The molecule has 10 rings (SSSR count). The van der Waals surface area contributed by atoms with Crippen molar-refractivity contribution in [3.63, 3.8) is 0 Å². The largest absolute Gasteiger partial charge is 0.457 e. The van der Waals surface area contributed by atoms with Crippen molar-refractivity contribution in [2.45, 2.75) is 37.8 Å². The third-order valence-electron chi connectivity index (χ3n) is 11.8. The predicted octanol–water partition coefficient (Wildman–Crippen LogP) is 8.76. The standard InChI is InChI=1S/C25H22N6O4.C25H24N6O2/c1-2-21(32)29-14-6-7-18(15-29)30-24-22(25(31(33)34)27-16-26-24)23(28-30)17-10-12-20(13-11-17)35-19-8-4-3-5-9-19;1-2-21(32)30-14-6-7-18(15-30)31-25-22(24(26)27-16-28-25)23(29-31)17-10-12-20(13-11-17)33-19-8-4-3-5-9-19/h2-5,8-13,16,18H,1,6-7,14-15H2;2-5,8-13,16,18H,1,6-7,14-15H2,(H2,26,27,28)/t2*18-/m11/s1. The van der Waals surface area contributed by atoms with Crippen molar-refractivity contribution < 1.29 is 24.0 Å². The first-order valence-corrected chi connectivity index (χ1v) is 22.0. The number of hydrogen-bond donors (Lipinski definition) is 1. The number of likely N-dealkylation sites (tertiary alicyclic amines) is 2. The fraction of sp³-hybridized carbons (Fsp3) is 0.200. The second kappa shape index (κ2) is 19.7. The van der Waals surface area contributed by atoms with E-state index >= 15 is 0 Å². The lowest BCUT2D eigenvalue weighted by molar-refractivity contribution is -0.387. The SMILES string of the molecule is C=CC(=O)N1CCC[C@@H](n2nc(-c3ccc(Oc4ccccc4)cc3)c3c(N)ncnc32)C1.C=CC(=O)N1CCC[C@@H](n2nc(-c3ccc(Oc4ccccc4)cc3)c3c([N+](=O)[O-])ncnc32)C1. The van der Waals surface area contributed by atoms with Crippen LogP contribution in [-0.4, -0.2) is 92.2 Å². The molecule has 0 bridgehead atoms. The summed E-state index contributed by atoms with van der Waals surface area (Å²) in [6.07, 6.45) is 8.59. The minimum Gasteiger partial charge on any atom is -0.457 e. The Kier molecular flexibility index (Phi) is 12.9. The Bertz CT molecular complexity index is 3120. The van der Waals surface area contributed by atoms with E-state index in [1.807, 2.05) is 89.6 Å². The highest BCUT2D eigenvalue weighted by atomic mass is 16.6. The highest BCUT2D eigenvalue weighted by Crippen LogP contribution is 2.38. The van der Waals surface area contributed by atoms with Gasteiger partial charge in [-0.15, -0.1) is 0 Å². The van der Waals surface area contributed by atoms with Gasteiger partial charge in [0.05, 0.1) is 17.5 Å². The van der Waals surface area contributed by atoms with Gasteiger partial charge in [0.1, 0.15) is 51.9 Å². The first kappa shape index (κ1) is 44.4. The molecule has 0 saturated carbocycles. The Hall–Kier alpha value is -8.80. The van der Waals surface area contributed by atoms with Crippen LogP contribution in [-0.2, 0) is 9.59 Å². The number of carbonyl (C=O) groups is 2. The Morgan fingerprint density at radius 1 is 0.618 bits per heavy atom. The summed E-state index contributed by atoms with van der Waals surface area (Å²) in [7, 11) is 0. The summed E-state index contributed by atoms with van der Waals surface area (Å²) in [5.74, 6) is 2.67. The number of nitrogens with two attached hydrogens (primary N) is 1. The molecule has 18 heteroatoms. The average Bonchev–Trinajstić information content (AvgIpc) is 3.98. The van der Waals surface area contributed by atoms with Crippen LogP contribution in [0, 0.1) is 10.1 Å². The van der Waals surface area contributed by atoms with E-state index in [1.165, 1.54) is 24.8 Å². The lowest BCUT2D eigenvalue weighted by Gasteiger charge is -2.32. The number of fused-ring (bicyclic) bond motifs is 2. The van der Waals surface area contributed by atoms with Crippen molar-refractivity contribution in [1.29, 1.82) is 0 Å².